The molecule has 0 aliphatic carbocycles. The Hall–Kier alpha value is -3.13. The van der Waals surface area contributed by atoms with Gasteiger partial charge in [0.05, 0.1) is 34.9 Å². The van der Waals surface area contributed by atoms with Gasteiger partial charge in [0, 0.05) is 20.0 Å². The number of hydrogen-bond acceptors (Lipinski definition) is 8. The molecule has 3 aromatic heterocycles. The lowest BCUT2D eigenvalue weighted by atomic mass is 9.89. The van der Waals surface area contributed by atoms with Crippen molar-refractivity contribution in [3.05, 3.63) is 47.5 Å². The van der Waals surface area contributed by atoms with Crippen molar-refractivity contribution in [2.45, 2.75) is 32.4 Å². The number of aromatic nitrogens is 4. The molecule has 0 saturated heterocycles. The second kappa shape index (κ2) is 9.02. The van der Waals surface area contributed by atoms with Gasteiger partial charge in [-0.1, -0.05) is 0 Å². The maximum absolute atomic E-state index is 12.8. The van der Waals surface area contributed by atoms with Crippen molar-refractivity contribution < 1.29 is 29.2 Å². The molecule has 0 fully saturated rings. The van der Waals surface area contributed by atoms with Crippen molar-refractivity contribution in [2.75, 3.05) is 15.8 Å². The molecule has 0 aliphatic rings. The summed E-state index contributed by atoms with van der Waals surface area (Å²) in [7, 11) is -3.50. The van der Waals surface area contributed by atoms with Gasteiger partial charge in [-0.05, 0) is 32.9 Å². The molecular weight excluding hydrogens is 481 g/mol. The number of anilines is 2. The zero-order chi connectivity index (χ0) is 24.4. The Kier molecular flexibility index (Phi) is 6.70. The first-order chi connectivity index (χ1) is 15.3. The van der Waals surface area contributed by atoms with Crippen molar-refractivity contribution in [2.24, 2.45) is 0 Å². The molecule has 3 aromatic rings. The number of pyridine rings is 1. The fraction of sp³-hybridized carbons (Fsp3) is 0.316. The van der Waals surface area contributed by atoms with Crippen LogP contribution in [0.3, 0.4) is 0 Å². The van der Waals surface area contributed by atoms with Crippen LogP contribution < -0.4 is 10.0 Å². The Morgan fingerprint density at radius 2 is 1.85 bits per heavy atom. The molecule has 0 radical (unpaired) electrons. The number of rotatable bonds is 7. The molecule has 14 heteroatoms. The SMILES string of the molecule is CCS(=O)(=O)Nc1nc(C(C)(C)C(=O)Nc2ccc(-c3cncc(C(F)(F)F)n3)cn2)cs1.[HH].[HH]. The molecule has 33 heavy (non-hydrogen) atoms. The van der Waals surface area contributed by atoms with Crippen LogP contribution in [0.5, 0.6) is 0 Å². The van der Waals surface area contributed by atoms with Crippen LogP contribution in [0, 0.1) is 0 Å². The lowest BCUT2D eigenvalue weighted by Crippen LogP contribution is -2.35. The summed E-state index contributed by atoms with van der Waals surface area (Å²) in [5.41, 5.74) is -1.62. The highest BCUT2D eigenvalue weighted by atomic mass is 32.2. The van der Waals surface area contributed by atoms with Crippen LogP contribution in [-0.4, -0.2) is 40.0 Å². The number of carbonyl (C=O) groups excluding carboxylic acids is 1. The molecule has 0 spiro atoms. The van der Waals surface area contributed by atoms with Gasteiger partial charge in [-0.25, -0.2) is 23.4 Å². The van der Waals surface area contributed by atoms with Crippen LogP contribution in [0.4, 0.5) is 24.1 Å². The van der Waals surface area contributed by atoms with Gasteiger partial charge in [-0.15, -0.1) is 11.3 Å². The molecule has 0 unspecified atom stereocenters. The van der Waals surface area contributed by atoms with E-state index in [1.807, 2.05) is 0 Å². The van der Waals surface area contributed by atoms with E-state index < -0.39 is 33.2 Å². The number of amides is 1. The largest absolute Gasteiger partial charge is 0.434 e. The molecule has 1 amide bonds. The van der Waals surface area contributed by atoms with Crippen molar-refractivity contribution in [1.82, 2.24) is 19.9 Å². The van der Waals surface area contributed by atoms with E-state index in [-0.39, 0.29) is 25.2 Å². The Morgan fingerprint density at radius 1 is 1.12 bits per heavy atom. The van der Waals surface area contributed by atoms with Gasteiger partial charge in [-0.3, -0.25) is 14.5 Å². The maximum atomic E-state index is 12.8. The number of nitrogens with zero attached hydrogens (tertiary/aromatic N) is 4. The van der Waals surface area contributed by atoms with Crippen LogP contribution >= 0.6 is 11.3 Å². The molecule has 180 valence electrons. The third kappa shape index (κ3) is 5.82. The number of alkyl halides is 3. The molecule has 2 N–H and O–H groups in total. The van der Waals surface area contributed by atoms with Crippen molar-refractivity contribution in [1.29, 1.82) is 0 Å². The molecule has 0 bridgehead atoms. The Morgan fingerprint density at radius 3 is 2.45 bits per heavy atom. The maximum Gasteiger partial charge on any atom is 0.434 e. The number of thiazole rings is 1. The molecule has 3 heterocycles. The summed E-state index contributed by atoms with van der Waals surface area (Å²) in [5, 5.41) is 4.35. The van der Waals surface area contributed by atoms with Gasteiger partial charge < -0.3 is 5.32 Å². The van der Waals surface area contributed by atoms with E-state index in [2.05, 4.69) is 30.0 Å². The predicted octanol–water partition coefficient (Wildman–Crippen LogP) is 4.18. The van der Waals surface area contributed by atoms with Crippen molar-refractivity contribution >= 4 is 38.2 Å². The predicted molar refractivity (Wildman–Crippen MR) is 121 cm³/mol. The van der Waals surface area contributed by atoms with E-state index in [0.29, 0.717) is 17.5 Å². The fourth-order valence-electron chi connectivity index (χ4n) is 2.46. The summed E-state index contributed by atoms with van der Waals surface area (Å²) in [6.07, 6.45) is -1.54. The van der Waals surface area contributed by atoms with Gasteiger partial charge >= 0.3 is 6.18 Å². The van der Waals surface area contributed by atoms with Crippen molar-refractivity contribution in [3.8, 4) is 11.3 Å². The number of sulfonamides is 1. The van der Waals surface area contributed by atoms with E-state index in [1.165, 1.54) is 31.5 Å². The Bertz CT molecular complexity index is 1270. The van der Waals surface area contributed by atoms with Crippen LogP contribution in [0.15, 0.2) is 36.1 Å². The topological polar surface area (TPSA) is 127 Å². The summed E-state index contributed by atoms with van der Waals surface area (Å²) in [4.78, 5) is 28.2. The van der Waals surface area contributed by atoms with E-state index >= 15 is 0 Å². The molecule has 9 nitrogen and oxygen atoms in total. The third-order valence-corrected chi connectivity index (χ3v) is 6.71. The van der Waals surface area contributed by atoms with Crippen LogP contribution in [-0.2, 0) is 26.4 Å². The summed E-state index contributed by atoms with van der Waals surface area (Å²) < 4.78 is 64.3. The molecule has 3 rings (SSSR count). The smallest absolute Gasteiger partial charge is 0.310 e. The average molecular weight is 505 g/mol. The zero-order valence-corrected chi connectivity index (χ0v) is 19.3. The van der Waals surface area contributed by atoms with E-state index in [9.17, 15) is 26.4 Å². The highest BCUT2D eigenvalue weighted by Crippen LogP contribution is 2.30. The molecule has 0 atom stereocenters. The first-order valence-electron chi connectivity index (χ1n) is 9.45. The molecule has 0 saturated carbocycles. The highest BCUT2D eigenvalue weighted by molar-refractivity contribution is 7.92. The van der Waals surface area contributed by atoms with Gasteiger partial charge in [0.1, 0.15) is 5.82 Å². The normalized spacial score (nSPS) is 12.4. The standard InChI is InChI=1S/C19H19F3N6O3S2.2H2/c1-4-33(30,31)28-17-26-14(10-32-17)18(2,3)16(29)27-15-6-5-11(7-24-15)12-8-23-9-13(25-12)19(20,21)22;;/h5-10H,4H2,1-3H3,(H,26,28)(H,24,27,29);2*1H. The van der Waals surface area contributed by atoms with Gasteiger partial charge in [-0.2, -0.15) is 13.2 Å². The van der Waals surface area contributed by atoms with E-state index in [0.717, 1.165) is 11.3 Å². The molecular formula is C19H23F3N6O3S2. The molecule has 0 aliphatic heterocycles. The highest BCUT2D eigenvalue weighted by Gasteiger charge is 2.34. The van der Waals surface area contributed by atoms with Crippen LogP contribution in [0.1, 0.15) is 35.0 Å². The zero-order valence-electron chi connectivity index (χ0n) is 17.6. The lowest BCUT2D eigenvalue weighted by Gasteiger charge is -2.21. The minimum Gasteiger partial charge on any atom is -0.310 e. The number of halogens is 3. The van der Waals surface area contributed by atoms with Crippen molar-refractivity contribution in [3.63, 3.8) is 0 Å². The Labute approximate surface area is 194 Å². The number of nitrogens with one attached hydrogen (secondary N) is 2. The van der Waals surface area contributed by atoms with Gasteiger partial charge in [0.25, 0.3) is 0 Å². The number of carbonyl (C=O) groups is 1. The third-order valence-electron chi connectivity index (χ3n) is 4.56. The Balaban J connectivity index is 0.00000306. The summed E-state index contributed by atoms with van der Waals surface area (Å²) in [6, 6.07) is 2.88. The summed E-state index contributed by atoms with van der Waals surface area (Å²) in [5.74, 6) is -0.407. The van der Waals surface area contributed by atoms with E-state index in [1.54, 1.807) is 19.2 Å². The van der Waals surface area contributed by atoms with Gasteiger partial charge in [0.2, 0.25) is 15.9 Å². The lowest BCUT2D eigenvalue weighted by molar-refractivity contribution is -0.141. The average Bonchev–Trinajstić information content (AvgIpc) is 3.22. The minimum absolute atomic E-state index is 0. The van der Waals surface area contributed by atoms with Crippen LogP contribution in [0.25, 0.3) is 11.3 Å². The van der Waals surface area contributed by atoms with Gasteiger partial charge in [0.15, 0.2) is 10.8 Å². The minimum atomic E-state index is -4.62. The first kappa shape index (κ1) is 24.5. The van der Waals surface area contributed by atoms with Crippen LogP contribution in [0.2, 0.25) is 0 Å². The monoisotopic (exact) mass is 504 g/mol. The first-order valence-corrected chi connectivity index (χ1v) is 12.0. The second-order valence-corrected chi connectivity index (χ2v) is 10.2. The summed E-state index contributed by atoms with van der Waals surface area (Å²) in [6.45, 7) is 4.72. The number of hydrogen-bond donors (Lipinski definition) is 2. The quantitative estimate of drug-likeness (QED) is 0.494. The fourth-order valence-corrected chi connectivity index (χ4v) is 4.21. The second-order valence-electron chi connectivity index (χ2n) is 7.34. The summed E-state index contributed by atoms with van der Waals surface area (Å²) >= 11 is 1.05. The van der Waals surface area contributed by atoms with E-state index in [4.69, 9.17) is 0 Å². The molecule has 0 aromatic carbocycles.